The second kappa shape index (κ2) is 7.05. The van der Waals surface area contributed by atoms with Gasteiger partial charge in [0.2, 0.25) is 0 Å². The zero-order chi connectivity index (χ0) is 15.2. The van der Waals surface area contributed by atoms with E-state index in [0.29, 0.717) is 22.1 Å². The van der Waals surface area contributed by atoms with Crippen molar-refractivity contribution >= 4 is 40.1 Å². The summed E-state index contributed by atoms with van der Waals surface area (Å²) in [7, 11) is 1.53. The number of rotatable bonds is 6. The Kier molecular flexibility index (Phi) is 5.13. The summed E-state index contributed by atoms with van der Waals surface area (Å²) in [5, 5.41) is 4.60. The molecule has 3 N–H and O–H groups in total. The molecular formula is C14H14N2O3S2. The van der Waals surface area contributed by atoms with Gasteiger partial charge in [-0.1, -0.05) is 12.2 Å². The smallest absolute Gasteiger partial charge is 0.269 e. The molecule has 1 aromatic carbocycles. The molecule has 21 heavy (non-hydrogen) atoms. The summed E-state index contributed by atoms with van der Waals surface area (Å²) in [6, 6.07) is 8.71. The van der Waals surface area contributed by atoms with Crippen molar-refractivity contribution in [2.75, 3.05) is 19.0 Å². The molecule has 2 aromatic rings. The van der Waals surface area contributed by atoms with E-state index in [1.165, 1.54) is 18.4 Å². The second-order valence-electron chi connectivity index (χ2n) is 4.05. The molecule has 0 aliphatic rings. The highest BCUT2D eigenvalue weighted by Gasteiger charge is 2.13. The standard InChI is InChI=1S/C14H14N2O3S2/c1-18-11-6-7-21-13(11)14(17)16-9-2-4-10(5-3-9)19-8-12(15)20/h2-7H,8H2,1H3,(H2,15,20)(H,16,17). The number of carbonyl (C=O) groups excluding carboxylic acids is 1. The number of hydrogen-bond acceptors (Lipinski definition) is 5. The number of benzene rings is 1. The zero-order valence-electron chi connectivity index (χ0n) is 11.3. The van der Waals surface area contributed by atoms with Crippen LogP contribution in [-0.2, 0) is 0 Å². The first-order valence-electron chi connectivity index (χ1n) is 6.04. The number of carbonyl (C=O) groups is 1. The Labute approximate surface area is 131 Å². The molecule has 0 aliphatic carbocycles. The van der Waals surface area contributed by atoms with Crippen molar-refractivity contribution in [2.45, 2.75) is 0 Å². The Morgan fingerprint density at radius 2 is 2.05 bits per heavy atom. The molecule has 1 aromatic heterocycles. The SMILES string of the molecule is COc1ccsc1C(=O)Nc1ccc(OCC(N)=S)cc1. The quantitative estimate of drug-likeness (QED) is 0.800. The maximum Gasteiger partial charge on any atom is 0.269 e. The topological polar surface area (TPSA) is 73.6 Å². The summed E-state index contributed by atoms with van der Waals surface area (Å²) in [5.74, 6) is 0.988. The Balaban J connectivity index is 2.00. The van der Waals surface area contributed by atoms with Gasteiger partial charge in [0.1, 0.15) is 28.0 Å². The van der Waals surface area contributed by atoms with Crippen LogP contribution >= 0.6 is 23.6 Å². The van der Waals surface area contributed by atoms with E-state index in [9.17, 15) is 4.79 Å². The van der Waals surface area contributed by atoms with Crippen LogP contribution in [0.4, 0.5) is 5.69 Å². The average molecular weight is 322 g/mol. The van der Waals surface area contributed by atoms with Gasteiger partial charge in [-0.05, 0) is 35.7 Å². The number of amides is 1. The summed E-state index contributed by atoms with van der Waals surface area (Å²) in [5.41, 5.74) is 6.02. The molecule has 0 spiro atoms. The van der Waals surface area contributed by atoms with Crippen molar-refractivity contribution in [2.24, 2.45) is 5.73 Å². The average Bonchev–Trinajstić information content (AvgIpc) is 2.95. The third-order valence-electron chi connectivity index (χ3n) is 2.55. The molecule has 0 saturated heterocycles. The van der Waals surface area contributed by atoms with Crippen LogP contribution in [0.3, 0.4) is 0 Å². The predicted octanol–water partition coefficient (Wildman–Crippen LogP) is 2.67. The van der Waals surface area contributed by atoms with Crippen LogP contribution in [0.1, 0.15) is 9.67 Å². The Morgan fingerprint density at radius 1 is 1.33 bits per heavy atom. The van der Waals surface area contributed by atoms with Crippen molar-refractivity contribution in [3.63, 3.8) is 0 Å². The van der Waals surface area contributed by atoms with Gasteiger partial charge in [0.15, 0.2) is 0 Å². The van der Waals surface area contributed by atoms with Crippen molar-refractivity contribution in [1.82, 2.24) is 0 Å². The molecule has 5 nitrogen and oxygen atoms in total. The molecule has 0 fully saturated rings. The highest BCUT2D eigenvalue weighted by Crippen LogP contribution is 2.25. The molecule has 0 radical (unpaired) electrons. The molecule has 0 atom stereocenters. The Hall–Kier alpha value is -2.12. The van der Waals surface area contributed by atoms with E-state index in [4.69, 9.17) is 27.4 Å². The van der Waals surface area contributed by atoms with E-state index in [2.05, 4.69) is 5.32 Å². The summed E-state index contributed by atoms with van der Waals surface area (Å²) >= 11 is 6.06. The lowest BCUT2D eigenvalue weighted by molar-refractivity contribution is 0.102. The number of anilines is 1. The minimum atomic E-state index is -0.210. The third kappa shape index (κ3) is 4.17. The van der Waals surface area contributed by atoms with Crippen molar-refractivity contribution < 1.29 is 14.3 Å². The van der Waals surface area contributed by atoms with Crippen LogP contribution in [0.25, 0.3) is 0 Å². The minimum absolute atomic E-state index is 0.188. The Morgan fingerprint density at radius 3 is 2.67 bits per heavy atom. The number of thiophene rings is 1. The van der Waals surface area contributed by atoms with Crippen LogP contribution in [0.2, 0.25) is 0 Å². The molecular weight excluding hydrogens is 308 g/mol. The molecule has 110 valence electrons. The summed E-state index contributed by atoms with van der Waals surface area (Å²) in [4.78, 5) is 12.9. The first-order chi connectivity index (χ1) is 10.1. The van der Waals surface area contributed by atoms with Gasteiger partial charge in [0, 0.05) is 5.69 Å². The normalized spacial score (nSPS) is 9.95. The van der Waals surface area contributed by atoms with E-state index < -0.39 is 0 Å². The van der Waals surface area contributed by atoms with E-state index in [0.717, 1.165) is 0 Å². The highest BCUT2D eigenvalue weighted by molar-refractivity contribution is 7.80. The van der Waals surface area contributed by atoms with E-state index in [-0.39, 0.29) is 17.5 Å². The number of ether oxygens (including phenoxy) is 2. The number of hydrogen-bond donors (Lipinski definition) is 2. The van der Waals surface area contributed by atoms with Crippen LogP contribution in [0, 0.1) is 0 Å². The summed E-state index contributed by atoms with van der Waals surface area (Å²) < 4.78 is 10.5. The molecule has 0 unspecified atom stereocenters. The number of methoxy groups -OCH3 is 1. The van der Waals surface area contributed by atoms with Crippen molar-refractivity contribution in [3.8, 4) is 11.5 Å². The summed E-state index contributed by atoms with van der Waals surface area (Å²) in [6.07, 6.45) is 0. The molecule has 0 saturated carbocycles. The van der Waals surface area contributed by atoms with Crippen molar-refractivity contribution in [1.29, 1.82) is 0 Å². The maximum absolute atomic E-state index is 12.1. The van der Waals surface area contributed by atoms with Gasteiger partial charge in [-0.2, -0.15) is 0 Å². The van der Waals surface area contributed by atoms with E-state index in [1.807, 2.05) is 0 Å². The monoisotopic (exact) mass is 322 g/mol. The van der Waals surface area contributed by atoms with Gasteiger partial charge >= 0.3 is 0 Å². The second-order valence-corrected chi connectivity index (χ2v) is 5.49. The largest absolute Gasteiger partial charge is 0.495 e. The lowest BCUT2D eigenvalue weighted by Gasteiger charge is -2.08. The van der Waals surface area contributed by atoms with Gasteiger partial charge in [-0.15, -0.1) is 11.3 Å². The fourth-order valence-electron chi connectivity index (χ4n) is 1.60. The fourth-order valence-corrected chi connectivity index (χ4v) is 2.41. The highest BCUT2D eigenvalue weighted by atomic mass is 32.1. The van der Waals surface area contributed by atoms with Gasteiger partial charge < -0.3 is 20.5 Å². The molecule has 1 amide bonds. The first-order valence-corrected chi connectivity index (χ1v) is 7.33. The zero-order valence-corrected chi connectivity index (χ0v) is 12.9. The fraction of sp³-hybridized carbons (Fsp3) is 0.143. The molecule has 2 rings (SSSR count). The van der Waals surface area contributed by atoms with Gasteiger partial charge in [-0.25, -0.2) is 0 Å². The third-order valence-corrected chi connectivity index (χ3v) is 3.56. The predicted molar refractivity (Wildman–Crippen MR) is 87.5 cm³/mol. The maximum atomic E-state index is 12.1. The molecule has 1 heterocycles. The van der Waals surface area contributed by atoms with Crippen LogP contribution < -0.4 is 20.5 Å². The van der Waals surface area contributed by atoms with Crippen LogP contribution in [0.5, 0.6) is 11.5 Å². The van der Waals surface area contributed by atoms with E-state index in [1.54, 1.807) is 35.7 Å². The summed E-state index contributed by atoms with van der Waals surface area (Å²) in [6.45, 7) is 0.188. The van der Waals surface area contributed by atoms with Gasteiger partial charge in [0.25, 0.3) is 5.91 Å². The van der Waals surface area contributed by atoms with Crippen LogP contribution in [0.15, 0.2) is 35.7 Å². The minimum Gasteiger partial charge on any atom is -0.495 e. The molecule has 7 heteroatoms. The molecule has 0 aliphatic heterocycles. The van der Waals surface area contributed by atoms with Gasteiger partial charge in [-0.3, -0.25) is 4.79 Å². The van der Waals surface area contributed by atoms with Crippen molar-refractivity contribution in [3.05, 3.63) is 40.6 Å². The Bertz CT molecular complexity index is 638. The number of thiocarbonyl (C=S) groups is 1. The lowest BCUT2D eigenvalue weighted by atomic mass is 10.3. The first kappa shape index (κ1) is 15.3. The van der Waals surface area contributed by atoms with Gasteiger partial charge in [0.05, 0.1) is 7.11 Å². The number of nitrogens with one attached hydrogen (secondary N) is 1. The lowest BCUT2D eigenvalue weighted by Crippen LogP contribution is -2.17. The van der Waals surface area contributed by atoms with E-state index >= 15 is 0 Å². The number of nitrogens with two attached hydrogens (primary N) is 1. The molecule has 0 bridgehead atoms. The van der Waals surface area contributed by atoms with Crippen LogP contribution in [-0.4, -0.2) is 24.6 Å².